The Morgan fingerprint density at radius 3 is 2.66 bits per heavy atom. The predicted molar refractivity (Wildman–Crippen MR) is 137 cm³/mol. The van der Waals surface area contributed by atoms with Gasteiger partial charge >= 0.3 is 13.7 Å². The number of alkyl halides is 1. The van der Waals surface area contributed by atoms with Crippen LogP contribution in [-0.2, 0) is 18.6 Å². The van der Waals surface area contributed by atoms with Gasteiger partial charge in [-0.05, 0) is 38.5 Å². The van der Waals surface area contributed by atoms with Crippen LogP contribution in [-0.4, -0.2) is 61.6 Å². The number of fused-ring (bicyclic) bond motifs is 1. The number of para-hydroxylation sites is 1. The minimum atomic E-state index is -4.23. The number of hydrogen-bond acceptors (Lipinski definition) is 10. The molecule has 204 valence electrons. The second-order valence-electron chi connectivity index (χ2n) is 9.18. The van der Waals surface area contributed by atoms with Gasteiger partial charge in [-0.25, -0.2) is 23.9 Å². The van der Waals surface area contributed by atoms with Crippen molar-refractivity contribution in [2.75, 3.05) is 12.3 Å². The number of carbonyl (C=O) groups is 1. The zero-order chi connectivity index (χ0) is 27.6. The van der Waals surface area contributed by atoms with Gasteiger partial charge in [-0.2, -0.15) is 5.09 Å². The number of aromatic nitrogens is 4. The molecule has 1 unspecified atom stereocenters. The molecule has 14 heteroatoms. The summed E-state index contributed by atoms with van der Waals surface area (Å²) in [6.07, 6.45) is -1.16. The Hall–Kier alpha value is -3.38. The van der Waals surface area contributed by atoms with Gasteiger partial charge in [-0.3, -0.25) is 9.32 Å². The fraction of sp³-hybridized carbons (Fsp3) is 0.417. The van der Waals surface area contributed by atoms with Crippen molar-refractivity contribution in [2.24, 2.45) is 5.92 Å². The van der Waals surface area contributed by atoms with Crippen molar-refractivity contribution < 1.29 is 32.6 Å². The van der Waals surface area contributed by atoms with Gasteiger partial charge in [-0.15, -0.1) is 0 Å². The summed E-state index contributed by atoms with van der Waals surface area (Å²) in [6.45, 7) is 8.37. The van der Waals surface area contributed by atoms with Crippen LogP contribution in [0.1, 0.15) is 26.8 Å². The van der Waals surface area contributed by atoms with E-state index in [-0.39, 0.29) is 28.3 Å². The molecule has 1 aliphatic carbocycles. The molecule has 4 N–H and O–H groups in total. The van der Waals surface area contributed by atoms with E-state index in [2.05, 4.69) is 26.6 Å². The minimum Gasteiger partial charge on any atom is -0.462 e. The van der Waals surface area contributed by atoms with E-state index in [0.29, 0.717) is 0 Å². The minimum absolute atomic E-state index is 0.128. The molecule has 2 heterocycles. The quantitative estimate of drug-likeness (QED) is 0.194. The lowest BCUT2D eigenvalue weighted by Crippen LogP contribution is -2.37. The number of aliphatic hydroxyl groups is 1. The van der Waals surface area contributed by atoms with Crippen LogP contribution in [0.5, 0.6) is 5.75 Å². The Balaban J connectivity index is 1.55. The highest BCUT2D eigenvalue weighted by Gasteiger charge is 2.48. The van der Waals surface area contributed by atoms with Crippen molar-refractivity contribution in [3.8, 4) is 5.75 Å². The molecule has 38 heavy (non-hydrogen) atoms. The maximum atomic E-state index is 15.4. The van der Waals surface area contributed by atoms with E-state index in [1.165, 1.54) is 24.1 Å². The molecule has 1 fully saturated rings. The molecular formula is C24H30FN6O6P. The predicted octanol–water partition coefficient (Wildman–Crippen LogP) is 2.97. The van der Waals surface area contributed by atoms with Gasteiger partial charge in [0.25, 0.3) is 0 Å². The van der Waals surface area contributed by atoms with Crippen LogP contribution in [0.4, 0.5) is 10.2 Å². The Morgan fingerprint density at radius 1 is 1.26 bits per heavy atom. The van der Waals surface area contributed by atoms with Crippen LogP contribution in [0.2, 0.25) is 0 Å². The molecular weight excluding hydrogens is 518 g/mol. The Kier molecular flexibility index (Phi) is 8.12. The summed E-state index contributed by atoms with van der Waals surface area (Å²) in [5, 5.41) is 13.3. The van der Waals surface area contributed by atoms with Crippen LogP contribution in [0.3, 0.4) is 0 Å². The summed E-state index contributed by atoms with van der Waals surface area (Å²) in [4.78, 5) is 24.5. The zero-order valence-corrected chi connectivity index (χ0v) is 22.0. The van der Waals surface area contributed by atoms with Crippen LogP contribution in [0, 0.1) is 5.92 Å². The standard InChI is InChI=1S/C24H30FN6O6P/c1-13(2)36-24(33)15(4)30-38(34,37-16-8-6-5-7-9-16)35-10-17-14(3)20(18(25)21(17)32)31-12-29-19-22(26)27-11-28-23(19)31/h5-9,11-13,15,17-18,20-21,32H,3,10H2,1-2,4H3,(H,30,34)(H2,26,27,28)/t15-,17-,18?,20+,21+,38+/m0/s1. The van der Waals surface area contributed by atoms with E-state index in [1.807, 2.05) is 0 Å². The Morgan fingerprint density at radius 2 is 1.97 bits per heavy atom. The molecule has 6 atom stereocenters. The van der Waals surface area contributed by atoms with E-state index < -0.39 is 56.7 Å². The second kappa shape index (κ2) is 11.2. The summed E-state index contributed by atoms with van der Waals surface area (Å²) >= 11 is 0. The van der Waals surface area contributed by atoms with Gasteiger partial charge in [0, 0.05) is 5.92 Å². The Labute approximate surface area is 218 Å². The molecule has 0 spiro atoms. The third-order valence-electron chi connectivity index (χ3n) is 6.03. The largest absolute Gasteiger partial charge is 0.462 e. The van der Waals surface area contributed by atoms with Crippen LogP contribution in [0.15, 0.2) is 55.1 Å². The van der Waals surface area contributed by atoms with Gasteiger partial charge < -0.3 is 24.7 Å². The summed E-state index contributed by atoms with van der Waals surface area (Å²) < 4.78 is 47.0. The van der Waals surface area contributed by atoms with E-state index in [0.717, 1.165) is 0 Å². The van der Waals surface area contributed by atoms with E-state index in [1.54, 1.807) is 44.2 Å². The molecule has 0 bridgehead atoms. The number of aliphatic hydroxyl groups excluding tert-OH is 1. The molecule has 1 aliphatic rings. The van der Waals surface area contributed by atoms with Gasteiger partial charge in [0.05, 0.1) is 31.2 Å². The lowest BCUT2D eigenvalue weighted by Gasteiger charge is -2.25. The second-order valence-corrected chi connectivity index (χ2v) is 10.9. The highest BCUT2D eigenvalue weighted by atomic mass is 31.2. The monoisotopic (exact) mass is 548 g/mol. The number of halogens is 1. The molecule has 4 rings (SSSR count). The van der Waals surface area contributed by atoms with Gasteiger partial charge in [0.2, 0.25) is 0 Å². The number of benzene rings is 1. The summed E-state index contributed by atoms with van der Waals surface area (Å²) in [5.41, 5.74) is 6.67. The Bertz CT molecular complexity index is 1350. The molecule has 1 saturated carbocycles. The number of nitrogen functional groups attached to an aromatic ring is 1. The molecule has 0 saturated heterocycles. The molecule has 0 aliphatic heterocycles. The van der Waals surface area contributed by atoms with Crippen molar-refractivity contribution in [1.82, 2.24) is 24.6 Å². The van der Waals surface area contributed by atoms with Crippen molar-refractivity contribution in [1.29, 1.82) is 0 Å². The highest BCUT2D eigenvalue weighted by Crippen LogP contribution is 2.49. The lowest BCUT2D eigenvalue weighted by molar-refractivity contribution is -0.149. The van der Waals surface area contributed by atoms with E-state index in [4.69, 9.17) is 19.5 Å². The summed E-state index contributed by atoms with van der Waals surface area (Å²) in [6, 6.07) is 6.10. The number of nitrogens with one attached hydrogen (secondary N) is 1. The molecule has 2 aromatic heterocycles. The number of imidazole rings is 1. The van der Waals surface area contributed by atoms with Crippen LogP contribution < -0.4 is 15.3 Å². The molecule has 12 nitrogen and oxygen atoms in total. The number of nitrogens with zero attached hydrogens (tertiary/aromatic N) is 4. The number of anilines is 1. The fourth-order valence-corrected chi connectivity index (χ4v) is 5.69. The SMILES string of the molecule is C=C1[C@@H](n2cnc3c(N)ncnc32)C(F)[C@H](O)[C@H]1CO[P@](=O)(N[C@@H](C)C(=O)OC(C)C)Oc1ccccc1. The normalized spacial score (nSPS) is 23.9. The highest BCUT2D eigenvalue weighted by molar-refractivity contribution is 7.52. The molecule has 0 amide bonds. The molecule has 1 aromatic carbocycles. The average molecular weight is 549 g/mol. The number of nitrogens with two attached hydrogens (primary N) is 1. The maximum Gasteiger partial charge on any atom is 0.459 e. The first-order valence-electron chi connectivity index (χ1n) is 11.9. The van der Waals surface area contributed by atoms with Gasteiger partial charge in [0.1, 0.15) is 23.6 Å². The van der Waals surface area contributed by atoms with Gasteiger partial charge in [-0.1, -0.05) is 24.8 Å². The van der Waals surface area contributed by atoms with Crippen molar-refractivity contribution in [3.05, 3.63) is 55.1 Å². The van der Waals surface area contributed by atoms with E-state index in [9.17, 15) is 14.5 Å². The third kappa shape index (κ3) is 5.70. The first-order chi connectivity index (χ1) is 18.0. The number of esters is 1. The summed E-state index contributed by atoms with van der Waals surface area (Å²) in [7, 11) is -4.23. The molecule has 0 radical (unpaired) electrons. The third-order valence-corrected chi connectivity index (χ3v) is 7.68. The number of hydrogen-bond donors (Lipinski definition) is 3. The number of ether oxygens (including phenoxy) is 1. The first-order valence-corrected chi connectivity index (χ1v) is 13.5. The number of carbonyl (C=O) groups excluding carboxylic acids is 1. The number of rotatable bonds is 10. The zero-order valence-electron chi connectivity index (χ0n) is 21.1. The topological polar surface area (TPSA) is 164 Å². The first kappa shape index (κ1) is 27.6. The van der Waals surface area contributed by atoms with Crippen molar-refractivity contribution in [3.63, 3.8) is 0 Å². The molecule has 3 aromatic rings. The van der Waals surface area contributed by atoms with Crippen LogP contribution in [0.25, 0.3) is 11.2 Å². The summed E-state index contributed by atoms with van der Waals surface area (Å²) in [5.74, 6) is -1.30. The lowest BCUT2D eigenvalue weighted by atomic mass is 10.0. The average Bonchev–Trinajstić information content (AvgIpc) is 3.37. The maximum absolute atomic E-state index is 15.4. The van der Waals surface area contributed by atoms with Gasteiger partial charge in [0.15, 0.2) is 17.6 Å². The van der Waals surface area contributed by atoms with Crippen molar-refractivity contribution >= 4 is 30.7 Å². The fourth-order valence-electron chi connectivity index (χ4n) is 4.18. The van der Waals surface area contributed by atoms with Crippen LogP contribution >= 0.6 is 7.75 Å². The van der Waals surface area contributed by atoms with E-state index >= 15 is 4.39 Å². The smallest absolute Gasteiger partial charge is 0.459 e. The van der Waals surface area contributed by atoms with Crippen molar-refractivity contribution in [2.45, 2.75) is 51.2 Å².